The Morgan fingerprint density at radius 2 is 1.96 bits per heavy atom. The molecule has 6 nitrogen and oxygen atoms in total. The topological polar surface area (TPSA) is 69.9 Å². The summed E-state index contributed by atoms with van der Waals surface area (Å²) in [5.41, 5.74) is 1.67. The van der Waals surface area contributed by atoms with E-state index in [1.165, 1.54) is 4.68 Å². The average Bonchev–Trinajstić information content (AvgIpc) is 3.05. The van der Waals surface area contributed by atoms with Crippen LogP contribution in [-0.4, -0.2) is 26.2 Å². The zero-order valence-electron chi connectivity index (χ0n) is 13.8. The molecule has 0 aliphatic carbocycles. The molecule has 0 radical (unpaired) electrons. The Kier molecular flexibility index (Phi) is 5.65. The molecular formula is C18H14Cl2N4O2. The molecule has 0 amide bonds. The summed E-state index contributed by atoms with van der Waals surface area (Å²) in [6.45, 7) is 1.70. The second-order valence-corrected chi connectivity index (χ2v) is 6.23. The Balaban J connectivity index is 1.86. The normalized spacial score (nSPS) is 11.4. The summed E-state index contributed by atoms with van der Waals surface area (Å²) in [5, 5.41) is 12.2. The first-order chi connectivity index (χ1) is 12.5. The van der Waals surface area contributed by atoms with Gasteiger partial charge in [0.15, 0.2) is 11.5 Å². The van der Waals surface area contributed by atoms with Crippen LogP contribution >= 0.6 is 23.2 Å². The van der Waals surface area contributed by atoms with Crippen LogP contribution in [0.25, 0.3) is 11.8 Å². The monoisotopic (exact) mass is 388 g/mol. The third-order valence-corrected chi connectivity index (χ3v) is 4.13. The molecule has 0 aliphatic heterocycles. The molecule has 0 unspecified atom stereocenters. The van der Waals surface area contributed by atoms with Crippen molar-refractivity contribution >= 4 is 40.9 Å². The summed E-state index contributed by atoms with van der Waals surface area (Å²) in [5.74, 6) is -0.107. The van der Waals surface area contributed by atoms with Crippen LogP contribution in [0, 0.1) is 6.92 Å². The van der Waals surface area contributed by atoms with E-state index < -0.39 is 5.97 Å². The van der Waals surface area contributed by atoms with E-state index in [0.717, 1.165) is 5.56 Å². The summed E-state index contributed by atoms with van der Waals surface area (Å²) in [4.78, 5) is 12.7. The van der Waals surface area contributed by atoms with Crippen molar-refractivity contribution in [3.63, 3.8) is 0 Å². The van der Waals surface area contributed by atoms with Crippen LogP contribution in [0.15, 0.2) is 48.5 Å². The predicted octanol–water partition coefficient (Wildman–Crippen LogP) is 4.03. The molecule has 0 saturated heterocycles. The van der Waals surface area contributed by atoms with E-state index >= 15 is 0 Å². The lowest BCUT2D eigenvalue weighted by Gasteiger charge is -2.10. The van der Waals surface area contributed by atoms with Gasteiger partial charge in [-0.05, 0) is 41.1 Å². The Bertz CT molecular complexity index is 955. The van der Waals surface area contributed by atoms with Crippen LogP contribution in [0.1, 0.15) is 17.0 Å². The van der Waals surface area contributed by atoms with Crippen LogP contribution in [0.2, 0.25) is 10.0 Å². The first-order valence-corrected chi connectivity index (χ1v) is 8.43. The molecular weight excluding hydrogens is 375 g/mol. The van der Waals surface area contributed by atoms with Crippen molar-refractivity contribution in [1.82, 2.24) is 20.2 Å². The van der Waals surface area contributed by atoms with Gasteiger partial charge in [0.1, 0.15) is 6.61 Å². The summed E-state index contributed by atoms with van der Waals surface area (Å²) in [7, 11) is 0. The van der Waals surface area contributed by atoms with E-state index in [9.17, 15) is 4.79 Å². The number of hydrogen-bond donors (Lipinski definition) is 0. The number of hydrogen-bond acceptors (Lipinski definition) is 5. The largest absolute Gasteiger partial charge is 0.456 e. The van der Waals surface area contributed by atoms with Gasteiger partial charge >= 0.3 is 5.97 Å². The van der Waals surface area contributed by atoms with Crippen LogP contribution in [0.3, 0.4) is 0 Å². The highest BCUT2D eigenvalue weighted by molar-refractivity contribution is 6.35. The van der Waals surface area contributed by atoms with Crippen LogP contribution in [0.5, 0.6) is 0 Å². The van der Waals surface area contributed by atoms with Gasteiger partial charge in [-0.2, -0.15) is 4.68 Å². The predicted molar refractivity (Wildman–Crippen MR) is 99.4 cm³/mol. The summed E-state index contributed by atoms with van der Waals surface area (Å²) < 4.78 is 6.74. The Hall–Kier alpha value is -2.70. The van der Waals surface area contributed by atoms with E-state index in [-0.39, 0.29) is 12.3 Å². The van der Waals surface area contributed by atoms with Gasteiger partial charge in [0.05, 0.1) is 0 Å². The van der Waals surface area contributed by atoms with Crippen LogP contribution in [-0.2, 0) is 16.1 Å². The van der Waals surface area contributed by atoms with Gasteiger partial charge in [-0.3, -0.25) is 0 Å². The van der Waals surface area contributed by atoms with Crippen molar-refractivity contribution in [2.75, 3.05) is 0 Å². The number of ether oxygens (including phenoxy) is 1. The van der Waals surface area contributed by atoms with Crippen molar-refractivity contribution in [3.8, 4) is 0 Å². The first-order valence-electron chi connectivity index (χ1n) is 7.68. The highest BCUT2D eigenvalue weighted by Gasteiger charge is 2.18. The third kappa shape index (κ3) is 4.28. The van der Waals surface area contributed by atoms with Gasteiger partial charge in [0.25, 0.3) is 0 Å². The minimum atomic E-state index is -0.574. The number of tetrazole rings is 1. The molecule has 0 N–H and O–H groups in total. The lowest BCUT2D eigenvalue weighted by Crippen LogP contribution is -2.15. The van der Waals surface area contributed by atoms with Crippen molar-refractivity contribution < 1.29 is 9.53 Å². The number of carbonyl (C=O) groups excluding carboxylic acids is 1. The van der Waals surface area contributed by atoms with Crippen molar-refractivity contribution in [1.29, 1.82) is 0 Å². The average molecular weight is 389 g/mol. The third-order valence-electron chi connectivity index (χ3n) is 3.54. The molecule has 1 heterocycles. The summed E-state index contributed by atoms with van der Waals surface area (Å²) in [6.07, 6.45) is 1.66. The molecule has 0 saturated carbocycles. The van der Waals surface area contributed by atoms with Crippen LogP contribution < -0.4 is 0 Å². The summed E-state index contributed by atoms with van der Waals surface area (Å²) >= 11 is 12.0. The Morgan fingerprint density at radius 3 is 2.62 bits per heavy atom. The first kappa shape index (κ1) is 18.1. The molecule has 0 bridgehead atoms. The number of esters is 1. The summed E-state index contributed by atoms with van der Waals surface area (Å²) in [6, 6.07) is 14.3. The SMILES string of the molecule is Cc1nnnn1C(=Cc1ccccc1)C(=O)OCc1ccc(Cl)cc1Cl. The smallest absolute Gasteiger partial charge is 0.357 e. The van der Waals surface area contributed by atoms with Gasteiger partial charge in [-0.1, -0.05) is 59.6 Å². The van der Waals surface area contributed by atoms with Crippen molar-refractivity contribution in [2.45, 2.75) is 13.5 Å². The number of rotatable bonds is 5. The van der Waals surface area contributed by atoms with E-state index in [4.69, 9.17) is 27.9 Å². The second-order valence-electron chi connectivity index (χ2n) is 5.39. The number of carbonyl (C=O) groups is 1. The zero-order chi connectivity index (χ0) is 18.5. The molecule has 3 rings (SSSR count). The number of aromatic nitrogens is 4. The molecule has 0 atom stereocenters. The maximum Gasteiger partial charge on any atom is 0.357 e. The quantitative estimate of drug-likeness (QED) is 0.487. The second kappa shape index (κ2) is 8.12. The fourth-order valence-electron chi connectivity index (χ4n) is 2.22. The van der Waals surface area contributed by atoms with Gasteiger partial charge in [-0.15, -0.1) is 5.10 Å². The van der Waals surface area contributed by atoms with Gasteiger partial charge < -0.3 is 4.74 Å². The molecule has 8 heteroatoms. The zero-order valence-corrected chi connectivity index (χ0v) is 15.3. The standard InChI is InChI=1S/C18H14Cl2N4O2/c1-12-21-22-23-24(12)17(9-13-5-3-2-4-6-13)18(25)26-11-14-7-8-15(19)10-16(14)20/h2-10H,11H2,1H3. The molecule has 3 aromatic rings. The van der Waals surface area contributed by atoms with Crippen molar-refractivity contribution in [2.24, 2.45) is 0 Å². The molecule has 1 aromatic heterocycles. The van der Waals surface area contributed by atoms with E-state index in [2.05, 4.69) is 15.5 Å². The fourth-order valence-corrected chi connectivity index (χ4v) is 2.69. The Labute approximate surface area is 160 Å². The maximum absolute atomic E-state index is 12.7. The molecule has 2 aromatic carbocycles. The number of benzene rings is 2. The molecule has 0 spiro atoms. The van der Waals surface area contributed by atoms with E-state index in [0.29, 0.717) is 21.4 Å². The minimum absolute atomic E-state index is 0.00212. The van der Waals surface area contributed by atoms with Crippen LogP contribution in [0.4, 0.5) is 0 Å². The fraction of sp³-hybridized carbons (Fsp3) is 0.111. The number of halogens is 2. The highest BCUT2D eigenvalue weighted by Crippen LogP contribution is 2.22. The minimum Gasteiger partial charge on any atom is -0.456 e. The van der Waals surface area contributed by atoms with E-state index in [1.807, 2.05) is 30.3 Å². The highest BCUT2D eigenvalue weighted by atomic mass is 35.5. The van der Waals surface area contributed by atoms with E-state index in [1.54, 1.807) is 31.2 Å². The maximum atomic E-state index is 12.7. The van der Waals surface area contributed by atoms with Gasteiger partial charge in [-0.25, -0.2) is 4.79 Å². The van der Waals surface area contributed by atoms with Gasteiger partial charge in [0, 0.05) is 15.6 Å². The molecule has 0 fully saturated rings. The lowest BCUT2D eigenvalue weighted by atomic mass is 10.2. The lowest BCUT2D eigenvalue weighted by molar-refractivity contribution is -0.138. The molecule has 132 valence electrons. The van der Waals surface area contributed by atoms with Crippen molar-refractivity contribution in [3.05, 3.63) is 75.5 Å². The number of aryl methyl sites for hydroxylation is 1. The Morgan fingerprint density at radius 1 is 1.19 bits per heavy atom. The number of nitrogens with zero attached hydrogens (tertiary/aromatic N) is 4. The van der Waals surface area contributed by atoms with Gasteiger partial charge in [0.2, 0.25) is 0 Å². The molecule has 0 aliphatic rings. The molecule has 26 heavy (non-hydrogen) atoms.